The van der Waals surface area contributed by atoms with Crippen LogP contribution in [0.3, 0.4) is 0 Å². The van der Waals surface area contributed by atoms with Crippen molar-refractivity contribution in [2.45, 2.75) is 6.61 Å². The van der Waals surface area contributed by atoms with Gasteiger partial charge in [0.15, 0.2) is 0 Å². The molecule has 0 unspecified atom stereocenters. The van der Waals surface area contributed by atoms with Crippen LogP contribution in [0.1, 0.15) is 5.56 Å². The molecule has 0 saturated heterocycles. The lowest BCUT2D eigenvalue weighted by atomic mass is 10.2. The molecule has 0 amide bonds. The van der Waals surface area contributed by atoms with E-state index in [-0.39, 0.29) is 18.4 Å². The van der Waals surface area contributed by atoms with Gasteiger partial charge in [-0.15, -0.1) is 0 Å². The molecule has 110 valence electrons. The summed E-state index contributed by atoms with van der Waals surface area (Å²) in [6, 6.07) is 15.4. The van der Waals surface area contributed by atoms with Crippen molar-refractivity contribution in [3.63, 3.8) is 0 Å². The molecular formula is C17H13FN2O2. The van der Waals surface area contributed by atoms with Gasteiger partial charge in [-0.05, 0) is 35.9 Å². The first kappa shape index (κ1) is 14.0. The average Bonchev–Trinajstić information content (AvgIpc) is 2.54. The maximum atomic E-state index is 13.1. The van der Waals surface area contributed by atoms with E-state index >= 15 is 0 Å². The number of benzene rings is 2. The van der Waals surface area contributed by atoms with Crippen LogP contribution in [0.4, 0.5) is 4.39 Å². The fraction of sp³-hybridized carbons (Fsp3) is 0.0588. The van der Waals surface area contributed by atoms with Gasteiger partial charge in [-0.3, -0.25) is 0 Å². The Morgan fingerprint density at radius 3 is 2.45 bits per heavy atom. The third kappa shape index (κ3) is 3.79. The van der Waals surface area contributed by atoms with Crippen LogP contribution in [-0.4, -0.2) is 9.97 Å². The van der Waals surface area contributed by atoms with Crippen molar-refractivity contribution in [2.24, 2.45) is 0 Å². The number of rotatable bonds is 5. The first-order valence-electron chi connectivity index (χ1n) is 6.72. The Balaban J connectivity index is 1.66. The minimum Gasteiger partial charge on any atom is -0.489 e. The second-order valence-corrected chi connectivity index (χ2v) is 4.53. The van der Waals surface area contributed by atoms with Crippen LogP contribution in [0, 0.1) is 5.82 Å². The van der Waals surface area contributed by atoms with Crippen molar-refractivity contribution in [3.8, 4) is 17.5 Å². The van der Waals surface area contributed by atoms with Crippen molar-refractivity contribution < 1.29 is 13.9 Å². The highest BCUT2D eigenvalue weighted by atomic mass is 19.1. The number of ether oxygens (including phenoxy) is 2. The van der Waals surface area contributed by atoms with Crippen molar-refractivity contribution in [1.29, 1.82) is 0 Å². The van der Waals surface area contributed by atoms with Gasteiger partial charge in [-0.2, -0.15) is 0 Å². The SMILES string of the molecule is Fc1cccc(COc2cccc(Oc3ncccn3)c2)c1. The smallest absolute Gasteiger partial charge is 0.321 e. The molecule has 0 saturated carbocycles. The molecule has 0 radical (unpaired) electrons. The van der Waals surface area contributed by atoms with Gasteiger partial charge in [0, 0.05) is 18.5 Å². The summed E-state index contributed by atoms with van der Waals surface area (Å²) >= 11 is 0. The Kier molecular flexibility index (Phi) is 4.25. The monoisotopic (exact) mass is 296 g/mol. The van der Waals surface area contributed by atoms with Crippen LogP contribution in [0.25, 0.3) is 0 Å². The van der Waals surface area contributed by atoms with E-state index in [1.54, 1.807) is 54.9 Å². The summed E-state index contributed by atoms with van der Waals surface area (Å²) in [5, 5.41) is 0. The van der Waals surface area contributed by atoms with Gasteiger partial charge in [0.05, 0.1) is 0 Å². The third-order valence-corrected chi connectivity index (χ3v) is 2.85. The topological polar surface area (TPSA) is 44.2 Å². The summed E-state index contributed by atoms with van der Waals surface area (Å²) in [6.45, 7) is 0.281. The van der Waals surface area contributed by atoms with Crippen LogP contribution in [0.2, 0.25) is 0 Å². The molecule has 2 aromatic carbocycles. The van der Waals surface area contributed by atoms with Gasteiger partial charge in [-0.25, -0.2) is 14.4 Å². The molecule has 3 aromatic rings. The van der Waals surface area contributed by atoms with Gasteiger partial charge in [0.1, 0.15) is 23.9 Å². The van der Waals surface area contributed by atoms with Crippen molar-refractivity contribution in [3.05, 3.63) is 78.4 Å². The van der Waals surface area contributed by atoms with Crippen LogP contribution in [0.5, 0.6) is 17.5 Å². The summed E-state index contributed by atoms with van der Waals surface area (Å²) in [6.07, 6.45) is 3.21. The third-order valence-electron chi connectivity index (χ3n) is 2.85. The Hall–Kier alpha value is -2.95. The van der Waals surface area contributed by atoms with Crippen molar-refractivity contribution in [2.75, 3.05) is 0 Å². The summed E-state index contributed by atoms with van der Waals surface area (Å²) in [7, 11) is 0. The zero-order valence-electron chi connectivity index (χ0n) is 11.6. The molecule has 1 heterocycles. The average molecular weight is 296 g/mol. The van der Waals surface area contributed by atoms with Gasteiger partial charge in [0.25, 0.3) is 0 Å². The minimum atomic E-state index is -0.278. The molecule has 4 nitrogen and oxygen atoms in total. The van der Waals surface area contributed by atoms with Gasteiger partial charge < -0.3 is 9.47 Å². The Labute approximate surface area is 127 Å². The quantitative estimate of drug-likeness (QED) is 0.714. The fourth-order valence-electron chi connectivity index (χ4n) is 1.86. The number of hydrogen-bond donors (Lipinski definition) is 0. The lowest BCUT2D eigenvalue weighted by Crippen LogP contribution is -1.96. The van der Waals surface area contributed by atoms with E-state index < -0.39 is 0 Å². The summed E-state index contributed by atoms with van der Waals surface area (Å²) in [5.74, 6) is 0.917. The highest BCUT2D eigenvalue weighted by molar-refractivity contribution is 5.34. The number of hydrogen-bond acceptors (Lipinski definition) is 4. The standard InChI is InChI=1S/C17H13FN2O2/c18-14-5-1-4-13(10-14)12-21-15-6-2-7-16(11-15)22-17-19-8-3-9-20-17/h1-11H,12H2. The summed E-state index contributed by atoms with van der Waals surface area (Å²) < 4.78 is 24.3. The maximum absolute atomic E-state index is 13.1. The Bertz CT molecular complexity index is 750. The summed E-state index contributed by atoms with van der Waals surface area (Å²) in [5.41, 5.74) is 0.762. The van der Waals surface area contributed by atoms with Gasteiger partial charge in [0.2, 0.25) is 0 Å². The van der Waals surface area contributed by atoms with E-state index in [4.69, 9.17) is 9.47 Å². The predicted octanol–water partition coefficient (Wildman–Crippen LogP) is 3.99. The molecule has 0 aliphatic heterocycles. The van der Waals surface area contributed by atoms with E-state index in [1.807, 2.05) is 0 Å². The van der Waals surface area contributed by atoms with E-state index in [9.17, 15) is 4.39 Å². The molecule has 0 spiro atoms. The zero-order chi connectivity index (χ0) is 15.2. The molecule has 0 bridgehead atoms. The second-order valence-electron chi connectivity index (χ2n) is 4.53. The number of aromatic nitrogens is 2. The van der Waals surface area contributed by atoms with Crippen LogP contribution < -0.4 is 9.47 Å². The lowest BCUT2D eigenvalue weighted by Gasteiger charge is -2.08. The lowest BCUT2D eigenvalue weighted by molar-refractivity contribution is 0.303. The van der Waals surface area contributed by atoms with E-state index in [0.717, 1.165) is 5.56 Å². The van der Waals surface area contributed by atoms with Crippen molar-refractivity contribution in [1.82, 2.24) is 9.97 Å². The molecule has 3 rings (SSSR count). The molecule has 1 aromatic heterocycles. The molecule has 22 heavy (non-hydrogen) atoms. The zero-order valence-corrected chi connectivity index (χ0v) is 11.6. The molecule has 0 N–H and O–H groups in total. The molecule has 0 aliphatic carbocycles. The minimum absolute atomic E-state index is 0.268. The normalized spacial score (nSPS) is 10.2. The molecule has 0 atom stereocenters. The Morgan fingerprint density at radius 1 is 0.864 bits per heavy atom. The molecule has 5 heteroatoms. The predicted molar refractivity (Wildman–Crippen MR) is 79.3 cm³/mol. The van der Waals surface area contributed by atoms with Gasteiger partial charge in [-0.1, -0.05) is 18.2 Å². The molecular weight excluding hydrogens is 283 g/mol. The second kappa shape index (κ2) is 6.67. The first-order chi connectivity index (χ1) is 10.8. The van der Waals surface area contributed by atoms with Crippen molar-refractivity contribution >= 4 is 0 Å². The maximum Gasteiger partial charge on any atom is 0.321 e. The van der Waals surface area contributed by atoms with Crippen LogP contribution in [0.15, 0.2) is 67.0 Å². The van der Waals surface area contributed by atoms with E-state index in [0.29, 0.717) is 11.5 Å². The number of halogens is 1. The molecule has 0 fully saturated rings. The van der Waals surface area contributed by atoms with Crippen LogP contribution >= 0.6 is 0 Å². The Morgan fingerprint density at radius 2 is 1.64 bits per heavy atom. The van der Waals surface area contributed by atoms with Gasteiger partial charge >= 0.3 is 6.01 Å². The first-order valence-corrected chi connectivity index (χ1v) is 6.72. The highest BCUT2D eigenvalue weighted by Crippen LogP contribution is 2.23. The number of nitrogens with zero attached hydrogens (tertiary/aromatic N) is 2. The largest absolute Gasteiger partial charge is 0.489 e. The van der Waals surface area contributed by atoms with E-state index in [1.165, 1.54) is 12.1 Å². The molecule has 0 aliphatic rings. The summed E-state index contributed by atoms with van der Waals surface area (Å²) in [4.78, 5) is 7.98. The van der Waals surface area contributed by atoms with E-state index in [2.05, 4.69) is 9.97 Å². The fourth-order valence-corrected chi connectivity index (χ4v) is 1.86. The van der Waals surface area contributed by atoms with Crippen LogP contribution in [-0.2, 0) is 6.61 Å². The highest BCUT2D eigenvalue weighted by Gasteiger charge is 2.02.